The molecule has 1 aliphatic rings. The molecule has 0 radical (unpaired) electrons. The van der Waals surface area contributed by atoms with Gasteiger partial charge in [0.25, 0.3) is 0 Å². The summed E-state index contributed by atoms with van der Waals surface area (Å²) in [6, 6.07) is 0. The molecule has 0 amide bonds. The summed E-state index contributed by atoms with van der Waals surface area (Å²) >= 11 is 0. The van der Waals surface area contributed by atoms with Crippen molar-refractivity contribution in [3.8, 4) is 0 Å². The van der Waals surface area contributed by atoms with Crippen molar-refractivity contribution in [3.05, 3.63) is 0 Å². The first kappa shape index (κ1) is 11.9. The molecule has 1 rings (SSSR count). The zero-order valence-electron chi connectivity index (χ0n) is 8.55. The highest BCUT2D eigenvalue weighted by molar-refractivity contribution is 4.69. The quantitative estimate of drug-likeness (QED) is 0.631. The maximum atomic E-state index is 5.53. The van der Waals surface area contributed by atoms with Crippen LogP contribution in [0.1, 0.15) is 12.8 Å². The zero-order chi connectivity index (χ0) is 9.40. The first-order valence-corrected chi connectivity index (χ1v) is 4.53. The Bertz CT molecular complexity index is 90.5. The van der Waals surface area contributed by atoms with Crippen LogP contribution in [0.2, 0.25) is 0 Å². The third-order valence-corrected chi connectivity index (χ3v) is 2.17. The lowest BCUT2D eigenvalue weighted by Gasteiger charge is -2.27. The molecule has 0 spiro atoms. The van der Waals surface area contributed by atoms with Crippen molar-refractivity contribution < 1.29 is 4.74 Å². The Balaban J connectivity index is 0.000000354. The SMILES string of the molecule is CN1CCC(CN)CC1.COC. The van der Waals surface area contributed by atoms with Crippen molar-refractivity contribution >= 4 is 0 Å². The molecule has 0 atom stereocenters. The molecule has 74 valence electrons. The van der Waals surface area contributed by atoms with Gasteiger partial charge in [0, 0.05) is 14.2 Å². The Kier molecular flexibility index (Phi) is 7.45. The molecule has 3 heteroatoms. The van der Waals surface area contributed by atoms with E-state index in [-0.39, 0.29) is 0 Å². The van der Waals surface area contributed by atoms with Crippen molar-refractivity contribution in [3.63, 3.8) is 0 Å². The fraction of sp³-hybridized carbons (Fsp3) is 1.00. The van der Waals surface area contributed by atoms with Gasteiger partial charge in [-0.1, -0.05) is 0 Å². The van der Waals surface area contributed by atoms with Gasteiger partial charge in [0.15, 0.2) is 0 Å². The number of piperidine rings is 1. The molecule has 0 saturated carbocycles. The van der Waals surface area contributed by atoms with Crippen molar-refractivity contribution in [1.29, 1.82) is 0 Å². The third kappa shape index (κ3) is 5.52. The van der Waals surface area contributed by atoms with Gasteiger partial charge in [-0.05, 0) is 45.4 Å². The average molecular weight is 174 g/mol. The molecular weight excluding hydrogens is 152 g/mol. The van der Waals surface area contributed by atoms with Gasteiger partial charge in [-0.25, -0.2) is 0 Å². The van der Waals surface area contributed by atoms with Crippen LogP contribution in [0.4, 0.5) is 0 Å². The number of methoxy groups -OCH3 is 1. The van der Waals surface area contributed by atoms with Crippen molar-refractivity contribution in [2.45, 2.75) is 12.8 Å². The molecule has 0 unspecified atom stereocenters. The first-order valence-electron chi connectivity index (χ1n) is 4.53. The van der Waals surface area contributed by atoms with E-state index in [1.54, 1.807) is 14.2 Å². The molecule has 12 heavy (non-hydrogen) atoms. The summed E-state index contributed by atoms with van der Waals surface area (Å²) in [5.41, 5.74) is 5.53. The number of likely N-dealkylation sites (tertiary alicyclic amines) is 1. The maximum Gasteiger partial charge on any atom is 0.0351 e. The summed E-state index contributed by atoms with van der Waals surface area (Å²) in [7, 11) is 5.42. The Morgan fingerprint density at radius 3 is 2.08 bits per heavy atom. The minimum atomic E-state index is 0.807. The topological polar surface area (TPSA) is 38.5 Å². The van der Waals surface area contributed by atoms with Crippen molar-refractivity contribution in [2.24, 2.45) is 11.7 Å². The van der Waals surface area contributed by atoms with Crippen LogP contribution >= 0.6 is 0 Å². The summed E-state index contributed by atoms with van der Waals surface area (Å²) in [5, 5.41) is 0. The predicted molar refractivity (Wildman–Crippen MR) is 52.2 cm³/mol. The van der Waals surface area contributed by atoms with E-state index in [1.165, 1.54) is 25.9 Å². The fourth-order valence-electron chi connectivity index (χ4n) is 1.30. The summed E-state index contributed by atoms with van der Waals surface area (Å²) in [5.74, 6) is 0.807. The number of ether oxygens (including phenoxy) is 1. The van der Waals surface area contributed by atoms with Crippen molar-refractivity contribution in [2.75, 3.05) is 40.9 Å². The van der Waals surface area contributed by atoms with E-state index in [0.29, 0.717) is 0 Å². The Labute approximate surface area is 75.9 Å². The molecular formula is C9H22N2O. The number of nitrogens with two attached hydrogens (primary N) is 1. The Morgan fingerprint density at radius 2 is 1.75 bits per heavy atom. The number of hydrogen-bond acceptors (Lipinski definition) is 3. The molecule has 0 aliphatic carbocycles. The standard InChI is InChI=1S/C7H16N2.C2H6O/c1-9-4-2-7(6-8)3-5-9;1-3-2/h7H,2-6,8H2,1H3;1-2H3. The van der Waals surface area contributed by atoms with Gasteiger partial charge in [-0.15, -0.1) is 0 Å². The molecule has 1 fully saturated rings. The Morgan fingerprint density at radius 1 is 1.33 bits per heavy atom. The van der Waals surface area contributed by atoms with Crippen LogP contribution in [0.25, 0.3) is 0 Å². The van der Waals surface area contributed by atoms with Gasteiger partial charge in [-0.2, -0.15) is 0 Å². The van der Waals surface area contributed by atoms with E-state index >= 15 is 0 Å². The van der Waals surface area contributed by atoms with E-state index in [9.17, 15) is 0 Å². The normalized spacial score (nSPS) is 20.0. The van der Waals surface area contributed by atoms with E-state index < -0.39 is 0 Å². The lowest BCUT2D eigenvalue weighted by atomic mass is 9.98. The summed E-state index contributed by atoms with van der Waals surface area (Å²) in [4.78, 5) is 2.37. The van der Waals surface area contributed by atoms with Gasteiger partial charge in [0.2, 0.25) is 0 Å². The molecule has 1 saturated heterocycles. The minimum Gasteiger partial charge on any atom is -0.388 e. The molecule has 1 heterocycles. The van der Waals surface area contributed by atoms with E-state index in [1.807, 2.05) is 0 Å². The predicted octanol–water partition coefficient (Wildman–Crippen LogP) is 0.549. The van der Waals surface area contributed by atoms with Crippen LogP contribution in [0.5, 0.6) is 0 Å². The lowest BCUT2D eigenvalue weighted by molar-refractivity contribution is 0.223. The van der Waals surface area contributed by atoms with Crippen LogP contribution in [0.3, 0.4) is 0 Å². The van der Waals surface area contributed by atoms with E-state index in [0.717, 1.165) is 12.5 Å². The monoisotopic (exact) mass is 174 g/mol. The van der Waals surface area contributed by atoms with Crippen LogP contribution in [-0.4, -0.2) is 45.8 Å². The van der Waals surface area contributed by atoms with E-state index in [4.69, 9.17) is 5.73 Å². The number of rotatable bonds is 1. The highest BCUT2D eigenvalue weighted by atomic mass is 16.4. The van der Waals surface area contributed by atoms with Gasteiger partial charge >= 0.3 is 0 Å². The molecule has 0 aromatic rings. The number of nitrogens with zero attached hydrogens (tertiary/aromatic N) is 1. The van der Waals surface area contributed by atoms with Crippen LogP contribution in [-0.2, 0) is 4.74 Å². The minimum absolute atomic E-state index is 0.807. The van der Waals surface area contributed by atoms with Crippen LogP contribution < -0.4 is 5.73 Å². The second kappa shape index (κ2) is 7.53. The second-order valence-electron chi connectivity index (χ2n) is 3.39. The summed E-state index contributed by atoms with van der Waals surface area (Å²) in [6.07, 6.45) is 2.60. The van der Waals surface area contributed by atoms with Gasteiger partial charge < -0.3 is 15.4 Å². The second-order valence-corrected chi connectivity index (χ2v) is 3.39. The summed E-state index contributed by atoms with van der Waals surface area (Å²) in [6.45, 7) is 3.36. The maximum absolute atomic E-state index is 5.53. The molecule has 0 bridgehead atoms. The molecule has 1 aliphatic heterocycles. The molecule has 0 aromatic heterocycles. The molecule has 2 N–H and O–H groups in total. The van der Waals surface area contributed by atoms with Crippen LogP contribution in [0, 0.1) is 5.92 Å². The highest BCUT2D eigenvalue weighted by Crippen LogP contribution is 2.13. The molecule has 0 aromatic carbocycles. The largest absolute Gasteiger partial charge is 0.388 e. The van der Waals surface area contributed by atoms with Crippen LogP contribution in [0.15, 0.2) is 0 Å². The van der Waals surface area contributed by atoms with Gasteiger partial charge in [-0.3, -0.25) is 0 Å². The highest BCUT2D eigenvalue weighted by Gasteiger charge is 2.13. The number of hydrogen-bond donors (Lipinski definition) is 1. The average Bonchev–Trinajstić information content (AvgIpc) is 2.07. The first-order chi connectivity index (χ1) is 5.74. The fourth-order valence-corrected chi connectivity index (χ4v) is 1.30. The smallest absolute Gasteiger partial charge is 0.0351 e. The Hall–Kier alpha value is -0.120. The molecule has 3 nitrogen and oxygen atoms in total. The lowest BCUT2D eigenvalue weighted by Crippen LogP contribution is -2.33. The van der Waals surface area contributed by atoms with Crippen molar-refractivity contribution in [1.82, 2.24) is 4.90 Å². The summed E-state index contributed by atoms with van der Waals surface area (Å²) < 4.78 is 4.25. The van der Waals surface area contributed by atoms with Gasteiger partial charge in [0.05, 0.1) is 0 Å². The third-order valence-electron chi connectivity index (χ3n) is 2.17. The van der Waals surface area contributed by atoms with E-state index in [2.05, 4.69) is 16.7 Å². The van der Waals surface area contributed by atoms with Gasteiger partial charge in [0.1, 0.15) is 0 Å². The zero-order valence-corrected chi connectivity index (χ0v) is 8.55.